The van der Waals surface area contributed by atoms with Crippen molar-refractivity contribution in [3.05, 3.63) is 41.5 Å². The summed E-state index contributed by atoms with van der Waals surface area (Å²) in [7, 11) is 1.56. The number of hydrogen-bond acceptors (Lipinski definition) is 6. The first-order valence-electron chi connectivity index (χ1n) is 9.72. The number of aromatic nitrogens is 3. The van der Waals surface area contributed by atoms with E-state index in [4.69, 9.17) is 4.74 Å². The van der Waals surface area contributed by atoms with Crippen LogP contribution in [-0.4, -0.2) is 46.1 Å². The number of hydrogen-bond donors (Lipinski definition) is 2. The molecule has 29 heavy (non-hydrogen) atoms. The van der Waals surface area contributed by atoms with Crippen LogP contribution in [0.15, 0.2) is 24.4 Å². The monoisotopic (exact) mass is 398 g/mol. The highest BCUT2D eigenvalue weighted by Gasteiger charge is 2.43. The molecule has 4 atom stereocenters. The van der Waals surface area contributed by atoms with E-state index in [1.807, 2.05) is 0 Å². The van der Waals surface area contributed by atoms with E-state index in [2.05, 4.69) is 27.0 Å². The maximum Gasteiger partial charge on any atom is 0.238 e. The molecule has 2 aromatic rings. The lowest BCUT2D eigenvalue weighted by Crippen LogP contribution is -2.50. The standard InChI is InChI=1S/C20H23FN6O2/c1-29-11-16-10-27(26-25-16)17-5-3-12(18(21)8-17)6-15(9-22)24-20(28)19-13-2-4-14(7-13)23-19/h3,5,8,10,13-15,19,23H,2,4,6-7,11H2,1H3,(H,24,28). The number of nitrogens with one attached hydrogen (secondary N) is 2. The first kappa shape index (κ1) is 19.5. The van der Waals surface area contributed by atoms with Crippen LogP contribution in [0.5, 0.6) is 0 Å². The zero-order valence-electron chi connectivity index (χ0n) is 16.1. The highest BCUT2D eigenvalue weighted by atomic mass is 19.1. The van der Waals surface area contributed by atoms with Gasteiger partial charge in [0.1, 0.15) is 17.6 Å². The van der Waals surface area contributed by atoms with Crippen molar-refractivity contribution in [3.63, 3.8) is 0 Å². The van der Waals surface area contributed by atoms with Crippen molar-refractivity contribution >= 4 is 5.91 Å². The number of carbonyl (C=O) groups is 1. The molecule has 2 fully saturated rings. The number of amides is 1. The molecular weight excluding hydrogens is 375 g/mol. The van der Waals surface area contributed by atoms with Gasteiger partial charge >= 0.3 is 0 Å². The van der Waals surface area contributed by atoms with Crippen LogP contribution in [0.1, 0.15) is 30.5 Å². The molecular formula is C20H23FN6O2. The lowest BCUT2D eigenvalue weighted by atomic mass is 9.98. The summed E-state index contributed by atoms with van der Waals surface area (Å²) < 4.78 is 21.1. The molecule has 4 unspecified atom stereocenters. The van der Waals surface area contributed by atoms with E-state index in [1.165, 1.54) is 10.7 Å². The average molecular weight is 398 g/mol. The fourth-order valence-electron chi connectivity index (χ4n) is 4.24. The topological polar surface area (TPSA) is 105 Å². The molecule has 1 saturated heterocycles. The third kappa shape index (κ3) is 4.13. The third-order valence-electron chi connectivity index (χ3n) is 5.67. The van der Waals surface area contributed by atoms with Gasteiger partial charge in [-0.25, -0.2) is 9.07 Å². The molecule has 1 saturated carbocycles. The highest BCUT2D eigenvalue weighted by molar-refractivity contribution is 5.83. The van der Waals surface area contributed by atoms with Crippen LogP contribution >= 0.6 is 0 Å². The number of nitriles is 1. The zero-order chi connectivity index (χ0) is 20.4. The SMILES string of the molecule is COCc1cn(-c2ccc(CC(C#N)NC(=O)C3NC4CCC3C4)c(F)c2)nn1. The molecule has 1 aliphatic heterocycles. The molecule has 1 aliphatic carbocycles. The van der Waals surface area contributed by atoms with Crippen molar-refractivity contribution in [1.82, 2.24) is 25.6 Å². The van der Waals surface area contributed by atoms with Crippen LogP contribution in [0.2, 0.25) is 0 Å². The van der Waals surface area contributed by atoms with Gasteiger partial charge in [-0.3, -0.25) is 4.79 Å². The molecule has 2 N–H and O–H groups in total. The van der Waals surface area contributed by atoms with E-state index >= 15 is 0 Å². The van der Waals surface area contributed by atoms with Gasteiger partial charge in [-0.15, -0.1) is 5.10 Å². The number of carbonyl (C=O) groups excluding carboxylic acids is 1. The Morgan fingerprint density at radius 3 is 3.03 bits per heavy atom. The fourth-order valence-corrected chi connectivity index (χ4v) is 4.24. The molecule has 2 aliphatic rings. The minimum atomic E-state index is -0.788. The number of methoxy groups -OCH3 is 1. The molecule has 0 spiro atoms. The quantitative estimate of drug-likeness (QED) is 0.727. The van der Waals surface area contributed by atoms with E-state index in [0.717, 1.165) is 19.3 Å². The predicted molar refractivity (Wildman–Crippen MR) is 101 cm³/mol. The number of fused-ring (bicyclic) bond motifs is 2. The lowest BCUT2D eigenvalue weighted by molar-refractivity contribution is -0.124. The fraction of sp³-hybridized carbons (Fsp3) is 0.500. The molecule has 1 aromatic carbocycles. The van der Waals surface area contributed by atoms with Crippen molar-refractivity contribution in [3.8, 4) is 11.8 Å². The van der Waals surface area contributed by atoms with Gasteiger partial charge in [-0.05, 0) is 42.9 Å². The van der Waals surface area contributed by atoms with Crippen molar-refractivity contribution in [2.24, 2.45) is 5.92 Å². The summed E-state index contributed by atoms with van der Waals surface area (Å²) in [4.78, 5) is 12.5. The highest BCUT2D eigenvalue weighted by Crippen LogP contribution is 2.35. The Hall–Kier alpha value is -2.83. The van der Waals surface area contributed by atoms with Gasteiger partial charge in [0.15, 0.2) is 0 Å². The van der Waals surface area contributed by atoms with Crippen LogP contribution in [-0.2, 0) is 22.6 Å². The lowest BCUT2D eigenvalue weighted by Gasteiger charge is -2.23. The van der Waals surface area contributed by atoms with E-state index in [0.29, 0.717) is 35.5 Å². The molecule has 0 radical (unpaired) electrons. The van der Waals surface area contributed by atoms with E-state index < -0.39 is 11.9 Å². The second-order valence-electron chi connectivity index (χ2n) is 7.67. The molecule has 2 bridgehead atoms. The molecule has 8 nitrogen and oxygen atoms in total. The Labute approximate surface area is 168 Å². The van der Waals surface area contributed by atoms with Crippen LogP contribution in [0.3, 0.4) is 0 Å². The first-order chi connectivity index (χ1) is 14.1. The van der Waals surface area contributed by atoms with Crippen molar-refractivity contribution in [2.75, 3.05) is 7.11 Å². The second kappa shape index (κ2) is 8.27. The second-order valence-corrected chi connectivity index (χ2v) is 7.67. The van der Waals surface area contributed by atoms with E-state index in [-0.39, 0.29) is 18.4 Å². The largest absolute Gasteiger partial charge is 0.378 e. The van der Waals surface area contributed by atoms with Crippen LogP contribution < -0.4 is 10.6 Å². The Kier molecular flexibility index (Phi) is 5.56. The Bertz CT molecular complexity index is 939. The predicted octanol–water partition coefficient (Wildman–Crippen LogP) is 1.24. The Morgan fingerprint density at radius 1 is 1.52 bits per heavy atom. The molecule has 1 aromatic heterocycles. The summed E-state index contributed by atoms with van der Waals surface area (Å²) in [6, 6.07) is 6.10. The smallest absolute Gasteiger partial charge is 0.238 e. The molecule has 1 amide bonds. The molecule has 152 valence electrons. The summed E-state index contributed by atoms with van der Waals surface area (Å²) in [5.41, 5.74) is 1.52. The summed E-state index contributed by atoms with van der Waals surface area (Å²) >= 11 is 0. The van der Waals surface area contributed by atoms with Crippen molar-refractivity contribution < 1.29 is 13.9 Å². The zero-order valence-corrected chi connectivity index (χ0v) is 16.1. The van der Waals surface area contributed by atoms with Gasteiger partial charge < -0.3 is 15.4 Å². The number of rotatable bonds is 7. The van der Waals surface area contributed by atoms with Gasteiger partial charge in [-0.1, -0.05) is 11.3 Å². The van der Waals surface area contributed by atoms with Gasteiger partial charge in [0.2, 0.25) is 5.91 Å². The van der Waals surface area contributed by atoms with Gasteiger partial charge in [0.25, 0.3) is 0 Å². The minimum absolute atomic E-state index is 0.0987. The Morgan fingerprint density at radius 2 is 2.38 bits per heavy atom. The number of nitrogens with zero attached hydrogens (tertiary/aromatic N) is 4. The summed E-state index contributed by atoms with van der Waals surface area (Å²) in [5, 5.41) is 23.4. The van der Waals surface area contributed by atoms with Gasteiger partial charge in [0.05, 0.1) is 30.6 Å². The molecule has 2 heterocycles. The molecule has 4 rings (SSSR count). The average Bonchev–Trinajstić information content (AvgIpc) is 3.46. The van der Waals surface area contributed by atoms with Crippen LogP contribution in [0.25, 0.3) is 5.69 Å². The first-order valence-corrected chi connectivity index (χ1v) is 9.72. The molecule has 9 heteroatoms. The van der Waals surface area contributed by atoms with Gasteiger partial charge in [0, 0.05) is 19.6 Å². The van der Waals surface area contributed by atoms with Gasteiger partial charge in [-0.2, -0.15) is 5.26 Å². The van der Waals surface area contributed by atoms with Crippen molar-refractivity contribution in [2.45, 2.75) is 50.4 Å². The maximum atomic E-state index is 14.6. The minimum Gasteiger partial charge on any atom is -0.378 e. The van der Waals surface area contributed by atoms with Crippen LogP contribution in [0, 0.1) is 23.1 Å². The van der Waals surface area contributed by atoms with Crippen molar-refractivity contribution in [1.29, 1.82) is 5.26 Å². The number of halogens is 1. The number of piperidine rings is 1. The van der Waals surface area contributed by atoms with E-state index in [1.54, 1.807) is 25.4 Å². The Balaban J connectivity index is 1.41. The summed E-state index contributed by atoms with van der Waals surface area (Å²) in [6.45, 7) is 0.321. The summed E-state index contributed by atoms with van der Waals surface area (Å²) in [6.07, 6.45) is 4.92. The third-order valence-corrected chi connectivity index (χ3v) is 5.67. The number of ether oxygens (including phenoxy) is 1. The van der Waals surface area contributed by atoms with Crippen LogP contribution in [0.4, 0.5) is 4.39 Å². The normalized spacial score (nSPS) is 23.7. The maximum absolute atomic E-state index is 14.6. The number of benzene rings is 1. The van der Waals surface area contributed by atoms with E-state index in [9.17, 15) is 14.4 Å². The summed E-state index contributed by atoms with van der Waals surface area (Å²) in [5.74, 6) is -0.297.